The molecule has 0 aromatic carbocycles. The van der Waals surface area contributed by atoms with E-state index in [1.807, 2.05) is 46.0 Å². The van der Waals surface area contributed by atoms with Gasteiger partial charge in [0, 0.05) is 28.5 Å². The molecule has 0 aliphatic heterocycles. The Hall–Kier alpha value is -1.46. The average Bonchev–Trinajstić information content (AvgIpc) is 2.36. The molecule has 0 saturated carbocycles. The van der Waals surface area contributed by atoms with Crippen LogP contribution >= 0.6 is 11.8 Å². The third-order valence-electron chi connectivity index (χ3n) is 3.05. The minimum Gasteiger partial charge on any atom is -0.323 e. The molecule has 4 nitrogen and oxygen atoms in total. The van der Waals surface area contributed by atoms with Crippen molar-refractivity contribution in [3.63, 3.8) is 0 Å². The number of hydrogen-bond donors (Lipinski definition) is 1. The molecule has 19 heavy (non-hydrogen) atoms. The normalized spacial score (nSPS) is 12.5. The first kappa shape index (κ1) is 14.0. The van der Waals surface area contributed by atoms with E-state index in [0.717, 1.165) is 32.7 Å². The van der Waals surface area contributed by atoms with Gasteiger partial charge in [-0.2, -0.15) is 0 Å². The van der Waals surface area contributed by atoms with Gasteiger partial charge in [-0.25, -0.2) is 9.97 Å². The van der Waals surface area contributed by atoms with Gasteiger partial charge in [0.2, 0.25) is 0 Å². The SMILES string of the molecule is Cc1nc(Sc2ccc(C(C)N)nc2)nc(C)c1C. The Morgan fingerprint density at radius 3 is 2.21 bits per heavy atom. The van der Waals surface area contributed by atoms with Gasteiger partial charge in [0.15, 0.2) is 5.16 Å². The van der Waals surface area contributed by atoms with E-state index in [1.54, 1.807) is 0 Å². The fourth-order valence-electron chi connectivity index (χ4n) is 1.61. The van der Waals surface area contributed by atoms with Gasteiger partial charge in [-0.05, 0) is 57.2 Å². The second-order valence-electron chi connectivity index (χ2n) is 4.61. The number of hydrogen-bond acceptors (Lipinski definition) is 5. The van der Waals surface area contributed by atoms with Gasteiger partial charge in [-0.3, -0.25) is 4.98 Å². The predicted octanol–water partition coefficient (Wildman–Crippen LogP) is 2.97. The van der Waals surface area contributed by atoms with Gasteiger partial charge in [-0.15, -0.1) is 0 Å². The molecule has 2 aromatic heterocycles. The molecule has 1 unspecified atom stereocenters. The van der Waals surface area contributed by atoms with Crippen LogP contribution in [0, 0.1) is 20.8 Å². The quantitative estimate of drug-likeness (QED) is 0.872. The maximum Gasteiger partial charge on any atom is 0.192 e. The highest BCUT2D eigenvalue weighted by Gasteiger charge is 2.07. The summed E-state index contributed by atoms with van der Waals surface area (Å²) in [6.45, 7) is 7.97. The van der Waals surface area contributed by atoms with Gasteiger partial charge in [-0.1, -0.05) is 0 Å². The average molecular weight is 274 g/mol. The molecule has 2 N–H and O–H groups in total. The molecule has 2 aromatic rings. The Bertz CT molecular complexity index is 555. The van der Waals surface area contributed by atoms with E-state index in [0.29, 0.717) is 0 Å². The van der Waals surface area contributed by atoms with Crippen LogP contribution in [0.1, 0.15) is 35.6 Å². The molecule has 0 aliphatic rings. The lowest BCUT2D eigenvalue weighted by Gasteiger charge is -2.07. The molecule has 100 valence electrons. The van der Waals surface area contributed by atoms with E-state index in [-0.39, 0.29) is 6.04 Å². The van der Waals surface area contributed by atoms with Crippen LogP contribution in [0.4, 0.5) is 0 Å². The van der Waals surface area contributed by atoms with E-state index in [2.05, 4.69) is 15.0 Å². The van der Waals surface area contributed by atoms with Crippen LogP contribution in [0.5, 0.6) is 0 Å². The summed E-state index contributed by atoms with van der Waals surface area (Å²) in [6.07, 6.45) is 1.82. The highest BCUT2D eigenvalue weighted by Crippen LogP contribution is 2.25. The maximum atomic E-state index is 5.78. The Balaban J connectivity index is 2.21. The zero-order chi connectivity index (χ0) is 14.0. The largest absolute Gasteiger partial charge is 0.323 e. The molecular weight excluding hydrogens is 256 g/mol. The summed E-state index contributed by atoms with van der Waals surface area (Å²) < 4.78 is 0. The van der Waals surface area contributed by atoms with Gasteiger partial charge in [0.25, 0.3) is 0 Å². The van der Waals surface area contributed by atoms with Crippen molar-refractivity contribution in [2.45, 2.75) is 43.8 Å². The second-order valence-corrected chi connectivity index (χ2v) is 5.65. The molecule has 0 fully saturated rings. The zero-order valence-electron chi connectivity index (χ0n) is 11.6. The number of aryl methyl sites for hydroxylation is 2. The molecule has 0 radical (unpaired) electrons. The lowest BCUT2D eigenvalue weighted by molar-refractivity contribution is 0.777. The highest BCUT2D eigenvalue weighted by atomic mass is 32.2. The van der Waals surface area contributed by atoms with E-state index in [9.17, 15) is 0 Å². The Kier molecular flexibility index (Phi) is 4.17. The van der Waals surface area contributed by atoms with Gasteiger partial charge in [0.1, 0.15) is 0 Å². The molecule has 0 spiro atoms. The van der Waals surface area contributed by atoms with Crippen molar-refractivity contribution in [3.8, 4) is 0 Å². The molecule has 0 saturated heterocycles. The van der Waals surface area contributed by atoms with Crippen LogP contribution in [0.3, 0.4) is 0 Å². The molecule has 0 aliphatic carbocycles. The van der Waals surface area contributed by atoms with Crippen molar-refractivity contribution in [1.82, 2.24) is 15.0 Å². The highest BCUT2D eigenvalue weighted by molar-refractivity contribution is 7.99. The molecule has 5 heteroatoms. The first-order chi connectivity index (χ1) is 8.97. The van der Waals surface area contributed by atoms with Crippen molar-refractivity contribution in [1.29, 1.82) is 0 Å². The number of nitrogens with two attached hydrogens (primary N) is 1. The first-order valence-electron chi connectivity index (χ1n) is 6.18. The summed E-state index contributed by atoms with van der Waals surface area (Å²) in [5.41, 5.74) is 9.86. The van der Waals surface area contributed by atoms with E-state index in [4.69, 9.17) is 5.73 Å². The third kappa shape index (κ3) is 3.30. The monoisotopic (exact) mass is 274 g/mol. The molecule has 2 heterocycles. The molecule has 0 bridgehead atoms. The molecule has 0 amide bonds. The Morgan fingerprint density at radius 2 is 1.74 bits per heavy atom. The summed E-state index contributed by atoms with van der Waals surface area (Å²) in [5, 5.41) is 0.760. The fourth-order valence-corrected chi connectivity index (χ4v) is 2.43. The summed E-state index contributed by atoms with van der Waals surface area (Å²) in [4.78, 5) is 14.3. The summed E-state index contributed by atoms with van der Waals surface area (Å²) >= 11 is 1.52. The summed E-state index contributed by atoms with van der Waals surface area (Å²) in [5.74, 6) is 0. The lowest BCUT2D eigenvalue weighted by Crippen LogP contribution is -2.06. The lowest BCUT2D eigenvalue weighted by atomic mass is 10.2. The Labute approximate surface area is 117 Å². The standard InChI is InChI=1S/C14H18N4S/c1-8-10(3)17-14(18-11(8)4)19-12-5-6-13(9(2)15)16-7-12/h5-7,9H,15H2,1-4H3. The number of pyridine rings is 1. The van der Waals surface area contributed by atoms with Gasteiger partial charge in [0.05, 0.1) is 5.69 Å². The number of rotatable bonds is 3. The summed E-state index contributed by atoms with van der Waals surface area (Å²) in [7, 11) is 0. The van der Waals surface area contributed by atoms with Crippen LogP contribution in [0.15, 0.2) is 28.4 Å². The van der Waals surface area contributed by atoms with Crippen LogP contribution in [0.25, 0.3) is 0 Å². The minimum absolute atomic E-state index is 0.0424. The van der Waals surface area contributed by atoms with E-state index < -0.39 is 0 Å². The zero-order valence-corrected chi connectivity index (χ0v) is 12.5. The Morgan fingerprint density at radius 1 is 1.11 bits per heavy atom. The number of aromatic nitrogens is 3. The van der Waals surface area contributed by atoms with Crippen LogP contribution in [-0.4, -0.2) is 15.0 Å². The van der Waals surface area contributed by atoms with Crippen LogP contribution in [0.2, 0.25) is 0 Å². The molecular formula is C14H18N4S. The second kappa shape index (κ2) is 5.67. The van der Waals surface area contributed by atoms with Crippen molar-refractivity contribution >= 4 is 11.8 Å². The summed E-state index contributed by atoms with van der Waals surface area (Å²) in [6, 6.07) is 3.91. The van der Waals surface area contributed by atoms with Crippen LogP contribution < -0.4 is 5.73 Å². The predicted molar refractivity (Wildman–Crippen MR) is 77.2 cm³/mol. The molecule has 2 rings (SSSR count). The minimum atomic E-state index is -0.0424. The van der Waals surface area contributed by atoms with Gasteiger partial charge >= 0.3 is 0 Å². The van der Waals surface area contributed by atoms with Crippen LogP contribution in [-0.2, 0) is 0 Å². The van der Waals surface area contributed by atoms with E-state index >= 15 is 0 Å². The number of nitrogens with zero attached hydrogens (tertiary/aromatic N) is 3. The third-order valence-corrected chi connectivity index (χ3v) is 3.89. The fraction of sp³-hybridized carbons (Fsp3) is 0.357. The van der Waals surface area contributed by atoms with Crippen molar-refractivity contribution < 1.29 is 0 Å². The smallest absolute Gasteiger partial charge is 0.192 e. The maximum absolute atomic E-state index is 5.78. The van der Waals surface area contributed by atoms with E-state index in [1.165, 1.54) is 11.8 Å². The van der Waals surface area contributed by atoms with Crippen molar-refractivity contribution in [2.24, 2.45) is 5.73 Å². The van der Waals surface area contributed by atoms with Crippen molar-refractivity contribution in [2.75, 3.05) is 0 Å². The molecule has 1 atom stereocenters. The van der Waals surface area contributed by atoms with Gasteiger partial charge < -0.3 is 5.73 Å². The first-order valence-corrected chi connectivity index (χ1v) is 7.00. The van der Waals surface area contributed by atoms with Crippen molar-refractivity contribution in [3.05, 3.63) is 41.0 Å². The topological polar surface area (TPSA) is 64.7 Å².